The van der Waals surface area contributed by atoms with E-state index >= 15 is 0 Å². The van der Waals surface area contributed by atoms with E-state index in [0.717, 1.165) is 33.9 Å². The van der Waals surface area contributed by atoms with Gasteiger partial charge in [0, 0.05) is 18.2 Å². The summed E-state index contributed by atoms with van der Waals surface area (Å²) in [4.78, 5) is 25.2. The molecule has 6 aromatic rings. The van der Waals surface area contributed by atoms with Crippen LogP contribution in [0.5, 0.6) is 0 Å². The van der Waals surface area contributed by atoms with Crippen molar-refractivity contribution in [2.75, 3.05) is 6.26 Å². The second-order valence-electron chi connectivity index (χ2n) is 10.8. The molecule has 1 aromatic heterocycles. The van der Waals surface area contributed by atoms with Crippen LogP contribution < -0.4 is 5.32 Å². The summed E-state index contributed by atoms with van der Waals surface area (Å²) in [7, 11) is -3.43. The molecule has 8 nitrogen and oxygen atoms in total. The molecule has 0 atom stereocenters. The second-order valence-corrected chi connectivity index (χ2v) is 12.8. The van der Waals surface area contributed by atoms with E-state index in [9.17, 15) is 23.1 Å². The van der Waals surface area contributed by atoms with Gasteiger partial charge in [0.05, 0.1) is 34.3 Å². The highest BCUT2D eigenvalue weighted by Gasteiger charge is 2.19. The first-order chi connectivity index (χ1) is 21.7. The van der Waals surface area contributed by atoms with Gasteiger partial charge in [-0.2, -0.15) is 5.10 Å². The molecule has 0 aliphatic heterocycles. The van der Waals surface area contributed by atoms with Gasteiger partial charge in [0.1, 0.15) is 0 Å². The van der Waals surface area contributed by atoms with Gasteiger partial charge in [-0.1, -0.05) is 78.9 Å². The van der Waals surface area contributed by atoms with E-state index < -0.39 is 15.8 Å². The summed E-state index contributed by atoms with van der Waals surface area (Å²) in [5.74, 6) is -1.36. The highest BCUT2D eigenvalue weighted by Crippen LogP contribution is 2.30. The highest BCUT2D eigenvalue weighted by molar-refractivity contribution is 7.90. The van der Waals surface area contributed by atoms with Crippen LogP contribution in [-0.2, 0) is 22.9 Å². The minimum absolute atomic E-state index is 0.163. The normalized spacial score (nSPS) is 11.4. The quantitative estimate of drug-likeness (QED) is 0.193. The molecule has 0 aliphatic rings. The van der Waals surface area contributed by atoms with Crippen LogP contribution in [0.1, 0.15) is 31.8 Å². The number of nitrogens with zero attached hydrogens (tertiary/aromatic N) is 2. The van der Waals surface area contributed by atoms with E-state index in [1.54, 1.807) is 53.3 Å². The molecule has 0 saturated heterocycles. The number of benzene rings is 5. The Kier molecular flexibility index (Phi) is 8.02. The maximum atomic E-state index is 13.8. The predicted molar refractivity (Wildman–Crippen MR) is 174 cm³/mol. The number of amides is 1. The van der Waals surface area contributed by atoms with E-state index in [4.69, 9.17) is 0 Å². The van der Waals surface area contributed by atoms with Gasteiger partial charge in [0.15, 0.2) is 9.84 Å². The molecule has 5 aromatic carbocycles. The Morgan fingerprint density at radius 2 is 1.42 bits per heavy atom. The van der Waals surface area contributed by atoms with Crippen LogP contribution >= 0.6 is 0 Å². The number of aromatic nitrogens is 2. The monoisotopic (exact) mass is 615 g/mol. The topological polar surface area (TPSA) is 118 Å². The lowest BCUT2D eigenvalue weighted by Gasteiger charge is -2.13. The average Bonchev–Trinajstić information content (AvgIpc) is 3.46. The number of nitrogens with one attached hydrogen (secondary N) is 1. The molecule has 0 fully saturated rings. The Morgan fingerprint density at radius 3 is 2.11 bits per heavy atom. The SMILES string of the molecule is CS(=O)(=O)c1cccc(-c2cc(C(=O)NCc3ccc(C(=O)O)cc3)c3c(cnn3Cc3ccc(-c4ccccc4)cc3)c2)c1. The molecule has 0 radical (unpaired) electrons. The third-order valence-electron chi connectivity index (χ3n) is 7.62. The highest BCUT2D eigenvalue weighted by atomic mass is 32.2. The Labute approximate surface area is 260 Å². The van der Waals surface area contributed by atoms with Crippen molar-refractivity contribution in [1.82, 2.24) is 15.1 Å². The van der Waals surface area contributed by atoms with Gasteiger partial charge in [0.2, 0.25) is 0 Å². The third kappa shape index (κ3) is 6.53. The molecule has 1 heterocycles. The van der Waals surface area contributed by atoms with Crippen molar-refractivity contribution < 1.29 is 23.1 Å². The molecule has 0 saturated carbocycles. The Hall–Kier alpha value is -5.54. The summed E-state index contributed by atoms with van der Waals surface area (Å²) in [6.45, 7) is 0.613. The van der Waals surface area contributed by atoms with E-state index in [2.05, 4.69) is 34.7 Å². The number of aromatic carboxylic acids is 1. The van der Waals surface area contributed by atoms with Gasteiger partial charge in [-0.15, -0.1) is 0 Å². The maximum absolute atomic E-state index is 13.8. The zero-order chi connectivity index (χ0) is 31.6. The van der Waals surface area contributed by atoms with E-state index in [-0.39, 0.29) is 22.9 Å². The number of carboxylic acids is 1. The molecule has 0 unspecified atom stereocenters. The van der Waals surface area contributed by atoms with Crippen LogP contribution in [0.3, 0.4) is 0 Å². The van der Waals surface area contributed by atoms with Gasteiger partial charge in [0.25, 0.3) is 5.91 Å². The molecule has 9 heteroatoms. The van der Waals surface area contributed by atoms with Crippen LogP contribution in [-0.4, -0.2) is 41.4 Å². The van der Waals surface area contributed by atoms with Crippen LogP contribution in [0.15, 0.2) is 126 Å². The number of hydrogen-bond donors (Lipinski definition) is 2. The molecule has 0 aliphatic carbocycles. The number of carbonyl (C=O) groups is 2. The van der Waals surface area contributed by atoms with Gasteiger partial charge >= 0.3 is 5.97 Å². The van der Waals surface area contributed by atoms with Crippen LogP contribution in [0.2, 0.25) is 0 Å². The first-order valence-electron chi connectivity index (χ1n) is 14.2. The number of carbonyl (C=O) groups excluding carboxylic acids is 1. The lowest BCUT2D eigenvalue weighted by atomic mass is 9.99. The molecule has 45 heavy (non-hydrogen) atoms. The van der Waals surface area contributed by atoms with Crippen molar-refractivity contribution in [2.24, 2.45) is 0 Å². The van der Waals surface area contributed by atoms with Gasteiger partial charge < -0.3 is 10.4 Å². The molecule has 224 valence electrons. The molecular weight excluding hydrogens is 586 g/mol. The fourth-order valence-electron chi connectivity index (χ4n) is 5.25. The van der Waals surface area contributed by atoms with E-state index in [1.807, 2.05) is 36.4 Å². The van der Waals surface area contributed by atoms with Gasteiger partial charge in [-0.3, -0.25) is 9.48 Å². The summed E-state index contributed by atoms with van der Waals surface area (Å²) in [5.41, 5.74) is 6.49. The van der Waals surface area contributed by atoms with Crippen LogP contribution in [0, 0.1) is 0 Å². The maximum Gasteiger partial charge on any atom is 0.335 e. The summed E-state index contributed by atoms with van der Waals surface area (Å²) < 4.78 is 26.3. The fraction of sp³-hybridized carbons (Fsp3) is 0.0833. The smallest absolute Gasteiger partial charge is 0.335 e. The standard InChI is InChI=1S/C36H29N3O5S/c1-45(43,44)32-9-5-8-29(19-32)30-18-31-22-38-39(23-25-12-14-27(15-13-25)26-6-3-2-4-7-26)34(31)33(20-30)35(40)37-21-24-10-16-28(17-11-24)36(41)42/h2-20,22H,21,23H2,1H3,(H,37,40)(H,41,42). The van der Waals surface area contributed by atoms with E-state index in [0.29, 0.717) is 28.8 Å². The minimum atomic E-state index is -3.43. The lowest BCUT2D eigenvalue weighted by molar-refractivity contribution is 0.0696. The summed E-state index contributed by atoms with van der Waals surface area (Å²) in [5, 5.41) is 17.5. The van der Waals surface area contributed by atoms with E-state index in [1.165, 1.54) is 12.1 Å². The van der Waals surface area contributed by atoms with Crippen LogP contribution in [0.25, 0.3) is 33.2 Å². The molecular formula is C36H29N3O5S. The zero-order valence-corrected chi connectivity index (χ0v) is 25.2. The van der Waals surface area contributed by atoms with Gasteiger partial charge in [-0.05, 0) is 69.8 Å². The molecule has 1 amide bonds. The number of fused-ring (bicyclic) bond motifs is 1. The van der Waals surface area contributed by atoms with Crippen molar-refractivity contribution in [3.05, 3.63) is 144 Å². The van der Waals surface area contributed by atoms with Crippen LogP contribution in [0.4, 0.5) is 0 Å². The van der Waals surface area contributed by atoms with Crippen molar-refractivity contribution in [1.29, 1.82) is 0 Å². The van der Waals surface area contributed by atoms with Crippen molar-refractivity contribution >= 4 is 32.6 Å². The lowest BCUT2D eigenvalue weighted by Crippen LogP contribution is -2.24. The Morgan fingerprint density at radius 1 is 0.756 bits per heavy atom. The number of sulfone groups is 1. The zero-order valence-electron chi connectivity index (χ0n) is 24.3. The first kappa shape index (κ1) is 29.5. The Balaban J connectivity index is 1.36. The van der Waals surface area contributed by atoms with Crippen molar-refractivity contribution in [3.8, 4) is 22.3 Å². The van der Waals surface area contributed by atoms with Crippen molar-refractivity contribution in [2.45, 2.75) is 18.0 Å². The Bertz CT molecular complexity index is 2140. The third-order valence-corrected chi connectivity index (χ3v) is 8.73. The summed E-state index contributed by atoms with van der Waals surface area (Å²) >= 11 is 0. The summed E-state index contributed by atoms with van der Waals surface area (Å²) in [6, 6.07) is 34.9. The molecule has 0 bridgehead atoms. The molecule has 0 spiro atoms. The fourth-order valence-corrected chi connectivity index (χ4v) is 5.91. The molecule has 6 rings (SSSR count). The van der Waals surface area contributed by atoms with Gasteiger partial charge in [-0.25, -0.2) is 13.2 Å². The number of rotatable bonds is 9. The first-order valence-corrected chi connectivity index (χ1v) is 16.1. The number of hydrogen-bond acceptors (Lipinski definition) is 5. The second kappa shape index (κ2) is 12.2. The predicted octanol–water partition coefficient (Wildman–Crippen LogP) is 6.45. The summed E-state index contributed by atoms with van der Waals surface area (Å²) in [6.07, 6.45) is 2.87. The average molecular weight is 616 g/mol. The van der Waals surface area contributed by atoms with Crippen molar-refractivity contribution in [3.63, 3.8) is 0 Å². The minimum Gasteiger partial charge on any atom is -0.478 e. The number of carboxylic acid groups (broad SMARTS) is 1. The molecule has 2 N–H and O–H groups in total. The largest absolute Gasteiger partial charge is 0.478 e.